The van der Waals surface area contributed by atoms with Crippen LogP contribution < -0.4 is 10.1 Å². The highest BCUT2D eigenvalue weighted by Crippen LogP contribution is 2.55. The van der Waals surface area contributed by atoms with Crippen molar-refractivity contribution in [3.8, 4) is 23.0 Å². The van der Waals surface area contributed by atoms with Crippen molar-refractivity contribution in [2.24, 2.45) is 34.7 Å². The van der Waals surface area contributed by atoms with Gasteiger partial charge >= 0.3 is 11.8 Å². The van der Waals surface area contributed by atoms with Crippen molar-refractivity contribution in [1.82, 2.24) is 9.91 Å². The summed E-state index contributed by atoms with van der Waals surface area (Å²) in [5.41, 5.74) is -0.364. The first-order valence-electron chi connectivity index (χ1n) is 19.7. The van der Waals surface area contributed by atoms with E-state index in [1.54, 1.807) is 44.9 Å². The first-order valence-corrected chi connectivity index (χ1v) is 19.7. The minimum atomic E-state index is -2.05. The van der Waals surface area contributed by atoms with Crippen molar-refractivity contribution in [3.63, 3.8) is 0 Å². The van der Waals surface area contributed by atoms with Crippen LogP contribution in [0, 0.1) is 36.5 Å². The Bertz CT molecular complexity index is 2070. The largest absolute Gasteiger partial charge is 0.507 e. The molecule has 0 aromatic heterocycles. The molecule has 5 bridgehead atoms. The summed E-state index contributed by atoms with van der Waals surface area (Å²) in [5, 5.41) is 66.9. The number of hydrazone groups is 1. The molecule has 6 N–H and O–H groups in total. The monoisotopic (exact) mass is 822 g/mol. The first-order chi connectivity index (χ1) is 27.8. The summed E-state index contributed by atoms with van der Waals surface area (Å²) < 4.78 is 23.0. The van der Waals surface area contributed by atoms with Crippen LogP contribution in [-0.2, 0) is 23.8 Å². The van der Waals surface area contributed by atoms with Gasteiger partial charge in [0, 0.05) is 68.6 Å². The highest BCUT2D eigenvalue weighted by Gasteiger charge is 2.50. The van der Waals surface area contributed by atoms with E-state index in [1.165, 1.54) is 59.6 Å². The number of ether oxygens (including phenoxy) is 4. The van der Waals surface area contributed by atoms with Crippen molar-refractivity contribution < 1.29 is 58.9 Å². The fraction of sp³-hybridized carbons (Fsp3) is 0.535. The number of rotatable bonds is 4. The number of carbonyl (C=O) groups excluding carboxylic acids is 3. The second-order valence-corrected chi connectivity index (χ2v) is 16.1. The number of allylic oxidation sites excluding steroid dienone is 2. The van der Waals surface area contributed by atoms with Crippen LogP contribution >= 0.6 is 0 Å². The van der Waals surface area contributed by atoms with E-state index in [0.717, 1.165) is 13.1 Å². The lowest BCUT2D eigenvalue weighted by Crippen LogP contribution is -2.45. The summed E-state index contributed by atoms with van der Waals surface area (Å²) in [6, 6.07) is 0. The van der Waals surface area contributed by atoms with Crippen molar-refractivity contribution in [1.29, 1.82) is 0 Å². The lowest BCUT2D eigenvalue weighted by Gasteiger charge is -2.37. The molecule has 0 radical (unpaired) electrons. The topological polar surface area (TPSA) is 220 Å². The van der Waals surface area contributed by atoms with Crippen LogP contribution in [0.25, 0.3) is 10.8 Å². The number of carbonyl (C=O) groups is 3. The number of aliphatic hydroxyl groups is 2. The molecule has 0 saturated carbocycles. The molecule has 0 aliphatic carbocycles. The molecule has 0 unspecified atom stereocenters. The Kier molecular flexibility index (Phi) is 13.7. The number of fused-ring (bicyclic) bond motifs is 14. The molecule has 1 amide bonds. The lowest BCUT2D eigenvalue weighted by molar-refractivity contribution is -0.155. The van der Waals surface area contributed by atoms with E-state index in [1.807, 2.05) is 7.05 Å². The predicted molar refractivity (Wildman–Crippen MR) is 220 cm³/mol. The quantitative estimate of drug-likeness (QED) is 0.110. The number of Topliss-reactive ketones (excluding diaryl/α,β-unsaturated/α-hetero) is 1. The van der Waals surface area contributed by atoms with Gasteiger partial charge in [-0.15, -0.1) is 0 Å². The molecular formula is C43H58N4O12. The number of likely N-dealkylation sites (N-methyl/N-ethyl adjacent to an activating group) is 1. The van der Waals surface area contributed by atoms with E-state index in [-0.39, 0.29) is 44.5 Å². The van der Waals surface area contributed by atoms with Gasteiger partial charge in [-0.3, -0.25) is 19.4 Å². The molecular weight excluding hydrogens is 764 g/mol. The van der Waals surface area contributed by atoms with Crippen LogP contribution in [0.4, 0.5) is 5.69 Å². The molecule has 2 aromatic carbocycles. The van der Waals surface area contributed by atoms with Crippen molar-refractivity contribution >= 4 is 40.3 Å². The molecule has 59 heavy (non-hydrogen) atoms. The number of hydrogen-bond donors (Lipinski definition) is 6. The number of phenolic OH excluding ortho intramolecular Hbond substituents is 3. The summed E-state index contributed by atoms with van der Waals surface area (Å²) in [4.78, 5) is 43.6. The molecule has 1 fully saturated rings. The van der Waals surface area contributed by atoms with Gasteiger partial charge in [-0.2, -0.15) is 5.10 Å². The van der Waals surface area contributed by atoms with Gasteiger partial charge in [0.25, 0.3) is 11.7 Å². The number of nitrogens with zero attached hydrogens (tertiary/aromatic N) is 3. The maximum atomic E-state index is 14.4. The molecule has 16 heteroatoms. The Morgan fingerprint density at radius 3 is 2.22 bits per heavy atom. The number of aromatic hydroxyl groups is 3. The molecule has 1 saturated heterocycles. The SMILES string of the molecule is COC(=O)[C@H]1[C@@H](C)[C@H](O)[C@@H](C)[C@@H](O)[C@@H](C)/C=C/C=C(/C)C(=O)Nc2c(/C=N\N3CCN(C)CC3)c(O)c3c4c(c(C)c(O)c3c2O)O[C@](C)(O/C=C/[C@@H](OC)[C@H]1C)C4=O. The normalized spacial score (nSPS) is 32.1. The van der Waals surface area contributed by atoms with Gasteiger partial charge in [0.05, 0.1) is 66.0 Å². The van der Waals surface area contributed by atoms with Crippen LogP contribution in [0.3, 0.4) is 0 Å². The van der Waals surface area contributed by atoms with Crippen LogP contribution in [0.5, 0.6) is 23.0 Å². The number of anilines is 1. The van der Waals surface area contributed by atoms with E-state index >= 15 is 0 Å². The minimum absolute atomic E-state index is 0.0529. The number of esters is 1. The summed E-state index contributed by atoms with van der Waals surface area (Å²) in [6.07, 6.45) is 5.65. The van der Waals surface area contributed by atoms with E-state index in [4.69, 9.17) is 18.9 Å². The Balaban J connectivity index is 1.71. The number of phenols is 3. The molecule has 4 aliphatic heterocycles. The van der Waals surface area contributed by atoms with Crippen LogP contribution in [0.2, 0.25) is 0 Å². The van der Waals surface area contributed by atoms with Gasteiger partial charge in [-0.1, -0.05) is 45.9 Å². The molecule has 0 spiro atoms. The summed E-state index contributed by atoms with van der Waals surface area (Å²) in [7, 11) is 4.65. The third-order valence-electron chi connectivity index (χ3n) is 12.1. The molecule has 6 rings (SSSR count). The van der Waals surface area contributed by atoms with Crippen LogP contribution in [-0.4, -0.2) is 131 Å². The zero-order chi connectivity index (χ0) is 43.7. The third kappa shape index (κ3) is 8.62. The second-order valence-electron chi connectivity index (χ2n) is 16.1. The summed E-state index contributed by atoms with van der Waals surface area (Å²) in [6.45, 7) is 13.8. The van der Waals surface area contributed by atoms with Gasteiger partial charge in [0.2, 0.25) is 0 Å². The van der Waals surface area contributed by atoms with Gasteiger partial charge in [0.15, 0.2) is 5.75 Å². The van der Waals surface area contributed by atoms with Gasteiger partial charge in [0.1, 0.15) is 17.2 Å². The van der Waals surface area contributed by atoms with E-state index in [2.05, 4.69) is 15.3 Å². The average Bonchev–Trinajstić information content (AvgIpc) is 3.47. The zero-order valence-electron chi connectivity index (χ0n) is 35.3. The Morgan fingerprint density at radius 2 is 1.59 bits per heavy atom. The minimum Gasteiger partial charge on any atom is -0.507 e. The van der Waals surface area contributed by atoms with Crippen molar-refractivity contribution in [2.75, 3.05) is 52.8 Å². The summed E-state index contributed by atoms with van der Waals surface area (Å²) in [5.74, 6) is -9.41. The lowest BCUT2D eigenvalue weighted by atomic mass is 9.73. The number of benzene rings is 2. The van der Waals surface area contributed by atoms with Crippen LogP contribution in [0.15, 0.2) is 41.2 Å². The predicted octanol–water partition coefficient (Wildman–Crippen LogP) is 4.19. The second kappa shape index (κ2) is 18.0. The van der Waals surface area contributed by atoms with Crippen molar-refractivity contribution in [3.05, 3.63) is 52.8 Å². The number of nitrogens with one attached hydrogen (secondary N) is 1. The Hall–Kier alpha value is -5.16. The van der Waals surface area contributed by atoms with Crippen LogP contribution in [0.1, 0.15) is 63.0 Å². The smallest absolute Gasteiger partial charge is 0.312 e. The number of ketones is 1. The fourth-order valence-corrected chi connectivity index (χ4v) is 8.12. The average molecular weight is 823 g/mol. The molecule has 9 atom stereocenters. The van der Waals surface area contributed by atoms with Gasteiger partial charge < -0.3 is 54.7 Å². The standard InChI is InChI=1S/C43H58N4O12/c1-21-12-11-13-22(2)41(54)45-33-27(20-44-47-17-15-46(8)16-18-47)37(51)30-31(38(33)52)36(50)26(6)39-32(30)40(53)43(7,59-39)58-19-14-28(56-9)23(3)29(42(55)57-10)24(4)35(49)25(5)34(21)48/h11-14,19-21,23-25,28-29,34-35,48-52H,15-18H2,1-10H3,(H,45,54)/b12-11+,19-14+,22-13-,44-20-/t21-,23+,24+,25-,28+,29+,34-,35-,43-/m0/s1. The fourth-order valence-electron chi connectivity index (χ4n) is 8.12. The maximum Gasteiger partial charge on any atom is 0.312 e. The highest BCUT2D eigenvalue weighted by molar-refractivity contribution is 6.23. The zero-order valence-corrected chi connectivity index (χ0v) is 35.3. The summed E-state index contributed by atoms with van der Waals surface area (Å²) >= 11 is 0. The van der Waals surface area contributed by atoms with Gasteiger partial charge in [-0.05, 0) is 38.8 Å². The molecule has 322 valence electrons. The van der Waals surface area contributed by atoms with Crippen molar-refractivity contribution in [2.45, 2.75) is 72.6 Å². The number of aliphatic hydroxyl groups excluding tert-OH is 2. The van der Waals surface area contributed by atoms with E-state index in [0.29, 0.717) is 13.1 Å². The molecule has 2 aromatic rings. The third-order valence-corrected chi connectivity index (χ3v) is 12.1. The highest BCUT2D eigenvalue weighted by atomic mass is 16.7. The van der Waals surface area contributed by atoms with E-state index < -0.39 is 88.6 Å². The maximum absolute atomic E-state index is 14.4. The van der Waals surface area contributed by atoms with E-state index in [9.17, 15) is 39.9 Å². The molecule has 4 aliphatic rings. The number of piperazine rings is 1. The number of amides is 1. The number of hydrogen-bond acceptors (Lipinski definition) is 15. The van der Waals surface area contributed by atoms with Gasteiger partial charge in [-0.25, -0.2) is 0 Å². The number of methoxy groups -OCH3 is 2. The Labute approximate surface area is 344 Å². The molecule has 16 nitrogen and oxygen atoms in total. The molecule has 4 heterocycles. The Morgan fingerprint density at radius 1 is 0.932 bits per heavy atom. The first kappa shape index (κ1) is 44.9.